The molecule has 0 amide bonds. The lowest BCUT2D eigenvalue weighted by molar-refractivity contribution is 0.0706. The summed E-state index contributed by atoms with van der Waals surface area (Å²) in [4.78, 5) is 2.51. The topological polar surface area (TPSA) is 60.9 Å². The summed E-state index contributed by atoms with van der Waals surface area (Å²) in [6.07, 6.45) is 2.86. The number of aliphatic hydroxyl groups is 1. The molecule has 2 aliphatic heterocycles. The Morgan fingerprint density at radius 3 is 2.45 bits per heavy atom. The van der Waals surface area contributed by atoms with E-state index in [0.29, 0.717) is 11.0 Å². The van der Waals surface area contributed by atoms with E-state index in [1.807, 2.05) is 0 Å². The third kappa shape index (κ3) is 3.10. The van der Waals surface area contributed by atoms with Gasteiger partial charge in [0.05, 0.1) is 17.0 Å². The van der Waals surface area contributed by atoms with Gasteiger partial charge in [0.25, 0.3) is 0 Å². The molecule has 7 heteroatoms. The van der Waals surface area contributed by atoms with Gasteiger partial charge >= 0.3 is 0 Å². The van der Waals surface area contributed by atoms with Crippen molar-refractivity contribution in [3.8, 4) is 0 Å². The number of aliphatic hydroxyl groups excluding tert-OH is 1. The van der Waals surface area contributed by atoms with E-state index in [4.69, 9.17) is 0 Å². The van der Waals surface area contributed by atoms with E-state index in [9.17, 15) is 13.5 Å². The zero-order chi connectivity index (χ0) is 15.7. The SMILES string of the molecule is O=S(=O)(c1ccccc1Br)N1C[C@H](O)[C@@H](N2CCCCC2)C1. The van der Waals surface area contributed by atoms with Crippen molar-refractivity contribution in [1.29, 1.82) is 0 Å². The molecule has 1 aromatic carbocycles. The Balaban J connectivity index is 1.80. The largest absolute Gasteiger partial charge is 0.390 e. The Bertz CT molecular complexity index is 631. The number of β-amino-alcohol motifs (C(OH)–C–C–N with tert-alkyl or cyclic N) is 1. The minimum Gasteiger partial charge on any atom is -0.390 e. The van der Waals surface area contributed by atoms with Crippen LogP contribution in [0, 0.1) is 0 Å². The van der Waals surface area contributed by atoms with Crippen molar-refractivity contribution in [3.63, 3.8) is 0 Å². The molecule has 0 spiro atoms. The van der Waals surface area contributed by atoms with Crippen LogP contribution in [0.5, 0.6) is 0 Å². The molecule has 0 saturated carbocycles. The summed E-state index contributed by atoms with van der Waals surface area (Å²) in [5, 5.41) is 10.3. The number of rotatable bonds is 3. The fourth-order valence-corrected chi connectivity index (χ4v) is 5.77. The van der Waals surface area contributed by atoms with Gasteiger partial charge in [-0.15, -0.1) is 0 Å². The van der Waals surface area contributed by atoms with Gasteiger partial charge in [0.15, 0.2) is 0 Å². The molecule has 0 bridgehead atoms. The highest BCUT2D eigenvalue weighted by Gasteiger charge is 2.41. The summed E-state index contributed by atoms with van der Waals surface area (Å²) in [5.74, 6) is 0. The summed E-state index contributed by atoms with van der Waals surface area (Å²) < 4.78 is 27.6. The van der Waals surface area contributed by atoms with E-state index in [1.54, 1.807) is 24.3 Å². The minimum atomic E-state index is -3.57. The Morgan fingerprint density at radius 1 is 1.09 bits per heavy atom. The van der Waals surface area contributed by atoms with Crippen LogP contribution in [-0.4, -0.2) is 61.1 Å². The number of halogens is 1. The second-order valence-electron chi connectivity index (χ2n) is 5.98. The molecule has 1 N–H and O–H groups in total. The highest BCUT2D eigenvalue weighted by Crippen LogP contribution is 2.29. The number of piperidine rings is 1. The van der Waals surface area contributed by atoms with Crippen LogP contribution in [0.1, 0.15) is 19.3 Å². The van der Waals surface area contributed by atoms with Crippen molar-refractivity contribution in [2.24, 2.45) is 0 Å². The zero-order valence-electron chi connectivity index (χ0n) is 12.4. The van der Waals surface area contributed by atoms with Crippen molar-refractivity contribution in [2.75, 3.05) is 26.2 Å². The van der Waals surface area contributed by atoms with Crippen LogP contribution in [0.3, 0.4) is 0 Å². The van der Waals surface area contributed by atoms with E-state index in [1.165, 1.54) is 10.7 Å². The van der Waals surface area contributed by atoms with E-state index < -0.39 is 16.1 Å². The molecule has 2 atom stereocenters. The van der Waals surface area contributed by atoms with Crippen LogP contribution in [0.4, 0.5) is 0 Å². The molecule has 0 radical (unpaired) electrons. The quantitative estimate of drug-likeness (QED) is 0.855. The third-order valence-electron chi connectivity index (χ3n) is 4.54. The molecule has 2 aliphatic rings. The minimum absolute atomic E-state index is 0.0856. The molecule has 122 valence electrons. The molecule has 0 aromatic heterocycles. The van der Waals surface area contributed by atoms with Crippen LogP contribution in [-0.2, 0) is 10.0 Å². The lowest BCUT2D eigenvalue weighted by Gasteiger charge is -2.33. The highest BCUT2D eigenvalue weighted by molar-refractivity contribution is 9.10. The second-order valence-corrected chi connectivity index (χ2v) is 8.74. The third-order valence-corrected chi connectivity index (χ3v) is 7.38. The number of benzene rings is 1. The van der Waals surface area contributed by atoms with Crippen LogP contribution in [0.25, 0.3) is 0 Å². The van der Waals surface area contributed by atoms with Gasteiger partial charge in [-0.1, -0.05) is 18.6 Å². The first-order valence-corrected chi connectivity index (χ1v) is 9.90. The number of sulfonamides is 1. The molecular weight excluding hydrogens is 368 g/mol. The maximum Gasteiger partial charge on any atom is 0.244 e. The van der Waals surface area contributed by atoms with Crippen molar-refractivity contribution < 1.29 is 13.5 Å². The molecule has 2 heterocycles. The molecule has 1 aromatic rings. The van der Waals surface area contributed by atoms with Crippen molar-refractivity contribution in [1.82, 2.24) is 9.21 Å². The summed E-state index contributed by atoms with van der Waals surface area (Å²) in [6.45, 7) is 2.44. The van der Waals surface area contributed by atoms with Gasteiger partial charge in [-0.25, -0.2) is 8.42 Å². The van der Waals surface area contributed by atoms with E-state index in [-0.39, 0.29) is 17.5 Å². The normalized spacial score (nSPS) is 28.1. The Hall–Kier alpha value is -0.470. The zero-order valence-corrected chi connectivity index (χ0v) is 14.8. The van der Waals surface area contributed by atoms with Gasteiger partial charge < -0.3 is 5.11 Å². The van der Waals surface area contributed by atoms with Crippen LogP contribution >= 0.6 is 15.9 Å². The predicted molar refractivity (Wildman–Crippen MR) is 88.1 cm³/mol. The van der Waals surface area contributed by atoms with Crippen molar-refractivity contribution in [3.05, 3.63) is 28.7 Å². The molecular formula is C15H21BrN2O3S. The van der Waals surface area contributed by atoms with Gasteiger partial charge in [0.2, 0.25) is 10.0 Å². The van der Waals surface area contributed by atoms with E-state index >= 15 is 0 Å². The lowest BCUT2D eigenvalue weighted by Crippen LogP contribution is -2.46. The summed E-state index contributed by atoms with van der Waals surface area (Å²) in [5.41, 5.74) is 0. The first-order valence-electron chi connectivity index (χ1n) is 7.67. The first-order chi connectivity index (χ1) is 10.5. The number of likely N-dealkylation sites (tertiary alicyclic amines) is 1. The van der Waals surface area contributed by atoms with Crippen LogP contribution in [0.15, 0.2) is 33.6 Å². The molecule has 2 fully saturated rings. The lowest BCUT2D eigenvalue weighted by atomic mass is 10.1. The van der Waals surface area contributed by atoms with Gasteiger partial charge in [-0.2, -0.15) is 4.31 Å². The molecule has 0 aliphatic carbocycles. The summed E-state index contributed by atoms with van der Waals surface area (Å²) in [6, 6.07) is 6.74. The van der Waals surface area contributed by atoms with Gasteiger partial charge in [0, 0.05) is 17.6 Å². The standard InChI is InChI=1S/C15H21BrN2O3S/c16-12-6-2-3-7-15(12)22(20,21)18-10-13(14(19)11-18)17-8-4-1-5-9-17/h2-3,6-7,13-14,19H,1,4-5,8-11H2/t13-,14-/m0/s1. The second kappa shape index (κ2) is 6.57. The van der Waals surface area contributed by atoms with E-state index in [2.05, 4.69) is 20.8 Å². The Kier molecular flexibility index (Phi) is 4.89. The molecule has 22 heavy (non-hydrogen) atoms. The first kappa shape index (κ1) is 16.4. The average Bonchev–Trinajstić information content (AvgIpc) is 2.91. The average molecular weight is 389 g/mol. The maximum atomic E-state index is 12.8. The number of hydrogen-bond acceptors (Lipinski definition) is 4. The van der Waals surface area contributed by atoms with Crippen molar-refractivity contribution in [2.45, 2.75) is 36.3 Å². The highest BCUT2D eigenvalue weighted by atomic mass is 79.9. The van der Waals surface area contributed by atoms with Gasteiger partial charge in [0.1, 0.15) is 0 Å². The smallest absolute Gasteiger partial charge is 0.244 e. The van der Waals surface area contributed by atoms with Gasteiger partial charge in [-0.05, 0) is 54.0 Å². The summed E-state index contributed by atoms with van der Waals surface area (Å²) in [7, 11) is -3.57. The monoisotopic (exact) mass is 388 g/mol. The Morgan fingerprint density at radius 2 is 1.77 bits per heavy atom. The fourth-order valence-electron chi connectivity index (χ4n) is 3.33. The number of hydrogen-bond donors (Lipinski definition) is 1. The van der Waals surface area contributed by atoms with E-state index in [0.717, 1.165) is 25.9 Å². The fraction of sp³-hybridized carbons (Fsp3) is 0.600. The molecule has 2 saturated heterocycles. The van der Waals surface area contributed by atoms with Crippen LogP contribution < -0.4 is 0 Å². The van der Waals surface area contributed by atoms with Crippen LogP contribution in [0.2, 0.25) is 0 Å². The maximum absolute atomic E-state index is 12.8. The predicted octanol–water partition coefficient (Wildman–Crippen LogP) is 1.67. The number of nitrogens with zero attached hydrogens (tertiary/aromatic N) is 2. The summed E-state index contributed by atoms with van der Waals surface area (Å²) >= 11 is 3.31. The molecule has 5 nitrogen and oxygen atoms in total. The van der Waals surface area contributed by atoms with Gasteiger partial charge in [-0.3, -0.25) is 4.90 Å². The van der Waals surface area contributed by atoms with Crippen molar-refractivity contribution >= 4 is 26.0 Å². The Labute approximate surface area is 140 Å². The molecule has 3 rings (SSSR count). The molecule has 0 unspecified atom stereocenters.